The van der Waals surface area contributed by atoms with Gasteiger partial charge in [0.05, 0.1) is 37.7 Å². The molecule has 1 N–H and O–H groups in total. The smallest absolute Gasteiger partial charge is 0.317 e. The van der Waals surface area contributed by atoms with Crippen LogP contribution in [-0.2, 0) is 24.4 Å². The van der Waals surface area contributed by atoms with E-state index in [-0.39, 0.29) is 6.03 Å². The van der Waals surface area contributed by atoms with E-state index >= 15 is 0 Å². The molecule has 25 heavy (non-hydrogen) atoms. The lowest BCUT2D eigenvalue weighted by Gasteiger charge is -2.36. The van der Waals surface area contributed by atoms with Crippen LogP contribution in [-0.4, -0.2) is 64.5 Å². The average Bonchev–Trinajstić information content (AvgIpc) is 3.09. The molecule has 4 rings (SSSR count). The van der Waals surface area contributed by atoms with Crippen molar-refractivity contribution in [3.8, 4) is 0 Å². The van der Waals surface area contributed by atoms with E-state index in [1.165, 1.54) is 37.8 Å². The summed E-state index contributed by atoms with van der Waals surface area (Å²) in [5, 5.41) is 7.67. The van der Waals surface area contributed by atoms with Crippen molar-refractivity contribution in [2.45, 2.75) is 57.8 Å². The molecule has 2 amide bonds. The Labute approximate surface area is 149 Å². The highest BCUT2D eigenvalue weighted by atomic mass is 16.5. The number of nitrogens with zero attached hydrogens (tertiary/aromatic N) is 4. The van der Waals surface area contributed by atoms with E-state index in [1.807, 2.05) is 4.90 Å². The summed E-state index contributed by atoms with van der Waals surface area (Å²) >= 11 is 0. The minimum absolute atomic E-state index is 0.0156. The molecule has 0 unspecified atom stereocenters. The molecule has 1 aromatic heterocycles. The number of carbonyl (C=O) groups excluding carboxylic acids is 1. The Kier molecular flexibility index (Phi) is 5.22. The Hall–Kier alpha value is -1.60. The fourth-order valence-corrected chi connectivity index (χ4v) is 4.23. The van der Waals surface area contributed by atoms with Crippen molar-refractivity contribution in [3.63, 3.8) is 0 Å². The van der Waals surface area contributed by atoms with Gasteiger partial charge in [-0.3, -0.25) is 9.58 Å². The van der Waals surface area contributed by atoms with Crippen molar-refractivity contribution in [1.29, 1.82) is 0 Å². The van der Waals surface area contributed by atoms with Crippen LogP contribution in [0.4, 0.5) is 4.79 Å². The second-order valence-corrected chi connectivity index (χ2v) is 7.37. The number of hydrogen-bond donors (Lipinski definition) is 1. The first-order valence-corrected chi connectivity index (χ1v) is 9.70. The molecule has 1 aliphatic carbocycles. The summed E-state index contributed by atoms with van der Waals surface area (Å²) in [6, 6.07) is 2.90. The van der Waals surface area contributed by atoms with Crippen molar-refractivity contribution in [1.82, 2.24) is 24.9 Å². The van der Waals surface area contributed by atoms with Gasteiger partial charge in [0.15, 0.2) is 0 Å². The van der Waals surface area contributed by atoms with Crippen LogP contribution < -0.4 is 5.32 Å². The Morgan fingerprint density at radius 2 is 1.96 bits per heavy atom. The highest BCUT2D eigenvalue weighted by Gasteiger charge is 2.26. The fraction of sp³-hybridized carbons (Fsp3) is 0.778. The minimum atomic E-state index is -0.0156. The van der Waals surface area contributed by atoms with Crippen LogP contribution in [0, 0.1) is 0 Å². The molecule has 0 atom stereocenters. The van der Waals surface area contributed by atoms with Crippen molar-refractivity contribution < 1.29 is 9.53 Å². The van der Waals surface area contributed by atoms with Crippen LogP contribution in [0.3, 0.4) is 0 Å². The van der Waals surface area contributed by atoms with E-state index in [9.17, 15) is 4.79 Å². The molecule has 3 heterocycles. The minimum Gasteiger partial charge on any atom is -0.378 e. The molecule has 1 saturated heterocycles. The van der Waals surface area contributed by atoms with Crippen molar-refractivity contribution in [3.05, 3.63) is 17.5 Å². The molecule has 0 radical (unpaired) electrons. The Morgan fingerprint density at radius 1 is 1.16 bits per heavy atom. The first kappa shape index (κ1) is 16.8. The van der Waals surface area contributed by atoms with Crippen molar-refractivity contribution in [2.75, 3.05) is 32.8 Å². The quantitative estimate of drug-likeness (QED) is 0.902. The standard InChI is InChI=1S/C18H29N5O2/c24-18(21-8-10-25-11-9-21)19-13-15-12-17-14-22(6-7-23(17)20-15)16-4-2-1-3-5-16/h12,16H,1-11,13-14H2,(H,19,24). The third-order valence-corrected chi connectivity index (χ3v) is 5.69. The van der Waals surface area contributed by atoms with Crippen LogP contribution in [0.1, 0.15) is 43.5 Å². The van der Waals surface area contributed by atoms with E-state index in [4.69, 9.17) is 4.74 Å². The second-order valence-electron chi connectivity index (χ2n) is 7.37. The molecule has 0 aromatic carbocycles. The van der Waals surface area contributed by atoms with Gasteiger partial charge in [-0.15, -0.1) is 0 Å². The number of urea groups is 1. The molecule has 7 heteroatoms. The molecule has 1 saturated carbocycles. The van der Waals surface area contributed by atoms with Crippen LogP contribution in [0.15, 0.2) is 6.07 Å². The zero-order valence-electron chi connectivity index (χ0n) is 15.0. The topological polar surface area (TPSA) is 62.6 Å². The van der Waals surface area contributed by atoms with Gasteiger partial charge in [0.2, 0.25) is 0 Å². The predicted molar refractivity (Wildman–Crippen MR) is 94.1 cm³/mol. The van der Waals surface area contributed by atoms with Gasteiger partial charge in [0, 0.05) is 32.2 Å². The number of ether oxygens (including phenoxy) is 1. The molecule has 1 aromatic rings. The molecule has 0 bridgehead atoms. The Morgan fingerprint density at radius 3 is 2.76 bits per heavy atom. The Bertz CT molecular complexity index is 590. The molecule has 138 valence electrons. The summed E-state index contributed by atoms with van der Waals surface area (Å²) in [6.45, 7) is 6.15. The van der Waals surface area contributed by atoms with Crippen LogP contribution in [0.5, 0.6) is 0 Å². The summed E-state index contributed by atoms with van der Waals surface area (Å²) in [5.41, 5.74) is 2.24. The van der Waals surface area contributed by atoms with Gasteiger partial charge in [0.1, 0.15) is 0 Å². The van der Waals surface area contributed by atoms with Gasteiger partial charge in [-0.05, 0) is 18.9 Å². The molecule has 7 nitrogen and oxygen atoms in total. The third kappa shape index (κ3) is 3.98. The lowest BCUT2D eigenvalue weighted by Crippen LogP contribution is -2.45. The summed E-state index contributed by atoms with van der Waals surface area (Å²) < 4.78 is 7.41. The van der Waals surface area contributed by atoms with Crippen LogP contribution in [0.2, 0.25) is 0 Å². The van der Waals surface area contributed by atoms with Gasteiger partial charge in [0.25, 0.3) is 0 Å². The van der Waals surface area contributed by atoms with Gasteiger partial charge in [-0.25, -0.2) is 4.79 Å². The first-order valence-electron chi connectivity index (χ1n) is 9.70. The third-order valence-electron chi connectivity index (χ3n) is 5.69. The number of aromatic nitrogens is 2. The van der Waals surface area contributed by atoms with Crippen molar-refractivity contribution >= 4 is 6.03 Å². The van der Waals surface area contributed by atoms with E-state index in [0.29, 0.717) is 32.8 Å². The van der Waals surface area contributed by atoms with Crippen LogP contribution >= 0.6 is 0 Å². The zero-order valence-corrected chi connectivity index (χ0v) is 15.0. The molecular formula is C18H29N5O2. The summed E-state index contributed by atoms with van der Waals surface area (Å²) in [6.07, 6.45) is 6.83. The van der Waals surface area contributed by atoms with Crippen molar-refractivity contribution in [2.24, 2.45) is 0 Å². The molecule has 0 spiro atoms. The zero-order chi connectivity index (χ0) is 17.1. The van der Waals surface area contributed by atoms with E-state index in [1.54, 1.807) is 0 Å². The molecule has 2 aliphatic heterocycles. The summed E-state index contributed by atoms with van der Waals surface area (Å²) in [7, 11) is 0. The highest BCUT2D eigenvalue weighted by Crippen LogP contribution is 2.26. The lowest BCUT2D eigenvalue weighted by molar-refractivity contribution is 0.0531. The van der Waals surface area contributed by atoms with Gasteiger partial charge >= 0.3 is 6.03 Å². The van der Waals surface area contributed by atoms with Gasteiger partial charge < -0.3 is 15.0 Å². The van der Waals surface area contributed by atoms with Gasteiger partial charge in [-0.2, -0.15) is 5.10 Å². The molecular weight excluding hydrogens is 318 g/mol. The van der Waals surface area contributed by atoms with Crippen LogP contribution in [0.25, 0.3) is 0 Å². The second kappa shape index (κ2) is 7.74. The van der Waals surface area contributed by atoms with E-state index in [2.05, 4.69) is 26.1 Å². The number of rotatable bonds is 3. The Balaban J connectivity index is 1.31. The lowest BCUT2D eigenvalue weighted by atomic mass is 9.94. The predicted octanol–water partition coefficient (Wildman–Crippen LogP) is 1.57. The average molecular weight is 347 g/mol. The number of morpholine rings is 1. The summed E-state index contributed by atoms with van der Waals surface area (Å²) in [4.78, 5) is 16.6. The van der Waals surface area contributed by atoms with E-state index in [0.717, 1.165) is 31.4 Å². The largest absolute Gasteiger partial charge is 0.378 e. The molecule has 3 aliphatic rings. The SMILES string of the molecule is O=C(NCc1cc2n(n1)CCN(C1CCCCC1)C2)N1CCOCC1. The number of amides is 2. The van der Waals surface area contributed by atoms with Gasteiger partial charge in [-0.1, -0.05) is 19.3 Å². The maximum atomic E-state index is 12.2. The monoisotopic (exact) mass is 347 g/mol. The number of hydrogen-bond acceptors (Lipinski definition) is 4. The normalized spacial score (nSPS) is 22.6. The first-order chi connectivity index (χ1) is 12.3. The number of nitrogens with one attached hydrogen (secondary N) is 1. The molecule has 2 fully saturated rings. The number of fused-ring (bicyclic) bond motifs is 1. The summed E-state index contributed by atoms with van der Waals surface area (Å²) in [5.74, 6) is 0. The van der Waals surface area contributed by atoms with E-state index < -0.39 is 0 Å². The number of carbonyl (C=O) groups is 1. The maximum absolute atomic E-state index is 12.2. The highest BCUT2D eigenvalue weighted by molar-refractivity contribution is 5.74. The maximum Gasteiger partial charge on any atom is 0.317 e. The fourth-order valence-electron chi connectivity index (χ4n) is 4.23.